The number of hydrogen-bond acceptors (Lipinski definition) is 6. The fraction of sp³-hybridized carbons (Fsp3) is 0.250. The van der Waals surface area contributed by atoms with Crippen LogP contribution in [0.25, 0.3) is 0 Å². The van der Waals surface area contributed by atoms with Gasteiger partial charge in [-0.1, -0.05) is 0 Å². The van der Waals surface area contributed by atoms with E-state index in [4.69, 9.17) is 4.74 Å². The minimum Gasteiger partial charge on any atom is -0.546 e. The standard InChI is InChI=1S/C12H14N2O5/c1-8(13-14-12(17)18-2)9-3-5-10(6-4-9)19-7-11(15)16/h3-6H,7H2,1-2H3,(H,14,17)(H,15,16)/p-1/b13-8-. The molecule has 7 nitrogen and oxygen atoms in total. The van der Waals surface area contributed by atoms with Gasteiger partial charge in [-0.05, 0) is 36.8 Å². The maximum absolute atomic E-state index is 10.8. The first-order valence-electron chi connectivity index (χ1n) is 5.34. The molecule has 0 aliphatic heterocycles. The number of ether oxygens (including phenoxy) is 2. The Labute approximate surface area is 109 Å². The van der Waals surface area contributed by atoms with Gasteiger partial charge in [-0.15, -0.1) is 0 Å². The van der Waals surface area contributed by atoms with E-state index in [-0.39, 0.29) is 0 Å². The Balaban J connectivity index is 2.64. The summed E-state index contributed by atoms with van der Waals surface area (Å²) in [6.07, 6.45) is -0.659. The second-order valence-electron chi connectivity index (χ2n) is 3.49. The summed E-state index contributed by atoms with van der Waals surface area (Å²) >= 11 is 0. The van der Waals surface area contributed by atoms with Gasteiger partial charge in [0.15, 0.2) is 0 Å². The van der Waals surface area contributed by atoms with Crippen LogP contribution in [-0.4, -0.2) is 31.5 Å². The van der Waals surface area contributed by atoms with E-state index in [2.05, 4.69) is 15.3 Å². The third kappa shape index (κ3) is 5.07. The highest BCUT2D eigenvalue weighted by Gasteiger charge is 2.01. The Morgan fingerprint density at radius 1 is 1.32 bits per heavy atom. The van der Waals surface area contributed by atoms with E-state index in [0.717, 1.165) is 5.56 Å². The summed E-state index contributed by atoms with van der Waals surface area (Å²) in [6.45, 7) is 1.20. The Morgan fingerprint density at radius 2 is 1.95 bits per heavy atom. The topological polar surface area (TPSA) is 100 Å². The third-order valence-corrected chi connectivity index (χ3v) is 2.13. The first kappa shape index (κ1) is 14.5. The largest absolute Gasteiger partial charge is 0.546 e. The van der Waals surface area contributed by atoms with Crippen LogP contribution >= 0.6 is 0 Å². The van der Waals surface area contributed by atoms with Crippen LogP contribution in [0.5, 0.6) is 5.75 Å². The van der Waals surface area contributed by atoms with Crippen molar-refractivity contribution in [1.82, 2.24) is 5.43 Å². The molecule has 0 bridgehead atoms. The smallest absolute Gasteiger partial charge is 0.427 e. The number of nitrogens with zero attached hydrogens (tertiary/aromatic N) is 1. The van der Waals surface area contributed by atoms with E-state index < -0.39 is 18.7 Å². The Kier molecular flexibility index (Phi) is 5.34. The molecule has 102 valence electrons. The summed E-state index contributed by atoms with van der Waals surface area (Å²) in [5, 5.41) is 14.0. The van der Waals surface area contributed by atoms with E-state index in [1.165, 1.54) is 7.11 Å². The van der Waals surface area contributed by atoms with Crippen molar-refractivity contribution in [3.05, 3.63) is 29.8 Å². The van der Waals surface area contributed by atoms with Crippen LogP contribution in [0.15, 0.2) is 29.4 Å². The van der Waals surface area contributed by atoms with E-state index in [1.807, 2.05) is 0 Å². The number of hydrazone groups is 1. The summed E-state index contributed by atoms with van der Waals surface area (Å²) in [5.41, 5.74) is 3.51. The first-order chi connectivity index (χ1) is 9.02. The molecular weight excluding hydrogens is 252 g/mol. The van der Waals surface area contributed by atoms with Gasteiger partial charge >= 0.3 is 6.09 Å². The molecule has 0 aliphatic rings. The number of carbonyl (C=O) groups is 2. The molecule has 1 aromatic rings. The number of carboxylic acid groups (broad SMARTS) is 1. The Hall–Kier alpha value is -2.57. The molecular formula is C12H13N2O5-. The average molecular weight is 265 g/mol. The van der Waals surface area contributed by atoms with Gasteiger partial charge < -0.3 is 19.4 Å². The number of hydrogen-bond donors (Lipinski definition) is 1. The van der Waals surface area contributed by atoms with Crippen molar-refractivity contribution in [1.29, 1.82) is 0 Å². The lowest BCUT2D eigenvalue weighted by Crippen LogP contribution is -2.28. The van der Waals surface area contributed by atoms with Crippen molar-refractivity contribution in [3.8, 4) is 5.75 Å². The zero-order chi connectivity index (χ0) is 14.3. The second-order valence-corrected chi connectivity index (χ2v) is 3.49. The summed E-state index contributed by atoms with van der Waals surface area (Å²) in [7, 11) is 1.24. The number of methoxy groups -OCH3 is 1. The highest BCUT2D eigenvalue weighted by molar-refractivity contribution is 5.99. The van der Waals surface area contributed by atoms with E-state index >= 15 is 0 Å². The number of rotatable bonds is 5. The van der Waals surface area contributed by atoms with Crippen LogP contribution in [0.2, 0.25) is 0 Å². The van der Waals surface area contributed by atoms with Crippen molar-refractivity contribution in [3.63, 3.8) is 0 Å². The van der Waals surface area contributed by atoms with Crippen molar-refractivity contribution in [2.24, 2.45) is 5.10 Å². The molecule has 0 saturated heterocycles. The van der Waals surface area contributed by atoms with E-state index in [9.17, 15) is 14.7 Å². The monoisotopic (exact) mass is 265 g/mol. The zero-order valence-corrected chi connectivity index (χ0v) is 10.5. The van der Waals surface area contributed by atoms with E-state index in [0.29, 0.717) is 11.5 Å². The number of benzene rings is 1. The van der Waals surface area contributed by atoms with Crippen LogP contribution in [-0.2, 0) is 9.53 Å². The quantitative estimate of drug-likeness (QED) is 0.591. The number of aliphatic carboxylic acids is 1. The van der Waals surface area contributed by atoms with Crippen LogP contribution in [0.3, 0.4) is 0 Å². The number of carbonyl (C=O) groups excluding carboxylic acids is 2. The molecule has 1 amide bonds. The summed E-state index contributed by atoms with van der Waals surface area (Å²) in [5.74, 6) is -0.884. The normalized spacial score (nSPS) is 10.7. The molecule has 0 atom stereocenters. The van der Waals surface area contributed by atoms with Gasteiger partial charge in [0, 0.05) is 0 Å². The molecule has 0 aliphatic carbocycles. The van der Waals surface area contributed by atoms with Crippen molar-refractivity contribution in [2.75, 3.05) is 13.7 Å². The van der Waals surface area contributed by atoms with Gasteiger partial charge in [-0.25, -0.2) is 10.2 Å². The molecule has 0 spiro atoms. The van der Waals surface area contributed by atoms with Crippen LogP contribution in [0, 0.1) is 0 Å². The zero-order valence-electron chi connectivity index (χ0n) is 10.5. The van der Waals surface area contributed by atoms with Gasteiger partial charge in [0.2, 0.25) is 0 Å². The van der Waals surface area contributed by atoms with Crippen molar-refractivity contribution >= 4 is 17.8 Å². The average Bonchev–Trinajstić information content (AvgIpc) is 2.42. The molecule has 0 fully saturated rings. The number of carboxylic acids is 1. The van der Waals surface area contributed by atoms with Gasteiger partial charge in [0.05, 0.1) is 18.8 Å². The maximum atomic E-state index is 10.8. The fourth-order valence-electron chi connectivity index (χ4n) is 1.17. The highest BCUT2D eigenvalue weighted by Crippen LogP contribution is 2.12. The molecule has 1 N–H and O–H groups in total. The van der Waals surface area contributed by atoms with E-state index in [1.54, 1.807) is 31.2 Å². The first-order valence-corrected chi connectivity index (χ1v) is 5.34. The van der Waals surface area contributed by atoms with Gasteiger partial charge in [-0.3, -0.25) is 0 Å². The Morgan fingerprint density at radius 3 is 2.47 bits per heavy atom. The molecule has 7 heteroatoms. The van der Waals surface area contributed by atoms with Crippen molar-refractivity contribution in [2.45, 2.75) is 6.92 Å². The molecule has 0 heterocycles. The number of nitrogens with one attached hydrogen (secondary N) is 1. The lowest BCUT2D eigenvalue weighted by molar-refractivity contribution is -0.307. The fourth-order valence-corrected chi connectivity index (χ4v) is 1.17. The highest BCUT2D eigenvalue weighted by atomic mass is 16.5. The molecule has 19 heavy (non-hydrogen) atoms. The maximum Gasteiger partial charge on any atom is 0.427 e. The molecule has 0 aromatic heterocycles. The summed E-state index contributed by atoms with van der Waals surface area (Å²) in [6, 6.07) is 6.55. The second kappa shape index (κ2) is 7.00. The minimum absolute atomic E-state index is 0.404. The molecule has 1 rings (SSSR count). The summed E-state index contributed by atoms with van der Waals surface area (Å²) in [4.78, 5) is 21.0. The molecule has 0 radical (unpaired) electrons. The minimum atomic E-state index is -1.29. The van der Waals surface area contributed by atoms with Crippen molar-refractivity contribution < 1.29 is 24.2 Å². The van der Waals surface area contributed by atoms with Crippen LogP contribution in [0.4, 0.5) is 4.79 Å². The lowest BCUT2D eigenvalue weighted by Gasteiger charge is -2.07. The molecule has 1 aromatic carbocycles. The Bertz CT molecular complexity index is 481. The number of amides is 1. The molecule has 0 unspecified atom stereocenters. The van der Waals surface area contributed by atoms with Crippen LogP contribution in [0.1, 0.15) is 12.5 Å². The van der Waals surface area contributed by atoms with Gasteiger partial charge in [-0.2, -0.15) is 5.10 Å². The summed E-state index contributed by atoms with van der Waals surface area (Å²) < 4.78 is 9.30. The predicted molar refractivity (Wildman–Crippen MR) is 64.7 cm³/mol. The van der Waals surface area contributed by atoms with Gasteiger partial charge in [0.1, 0.15) is 12.4 Å². The SMILES string of the molecule is COC(=O)N/N=C(/C)c1ccc(OCC(=O)[O-])cc1. The predicted octanol–water partition coefficient (Wildman–Crippen LogP) is -0.105. The lowest BCUT2D eigenvalue weighted by atomic mass is 10.1. The third-order valence-electron chi connectivity index (χ3n) is 2.13. The van der Waals surface area contributed by atoms with Crippen LogP contribution < -0.4 is 15.3 Å². The molecule has 0 saturated carbocycles. The van der Waals surface area contributed by atoms with Gasteiger partial charge in [0.25, 0.3) is 0 Å².